The number of rotatable bonds is 0. The van der Waals surface area contributed by atoms with Crippen molar-refractivity contribution in [1.82, 2.24) is 9.47 Å². The van der Waals surface area contributed by atoms with Gasteiger partial charge in [0, 0.05) is 35.6 Å². The fraction of sp³-hybridized carbons (Fsp3) is 0.471. The van der Waals surface area contributed by atoms with Crippen LogP contribution in [0.5, 0.6) is 0 Å². The van der Waals surface area contributed by atoms with Gasteiger partial charge in [-0.05, 0) is 18.1 Å². The molecular formula is C17H22N2O. The minimum Gasteiger partial charge on any atom is -0.346 e. The number of aryl methyl sites for hydroxylation is 1. The van der Waals surface area contributed by atoms with Crippen LogP contribution < -0.4 is 0 Å². The molecule has 0 N–H and O–H groups in total. The predicted molar refractivity (Wildman–Crippen MR) is 81.5 cm³/mol. The normalized spacial score (nSPS) is 15.5. The molecule has 0 unspecified atom stereocenters. The Hall–Kier alpha value is -1.77. The average Bonchev–Trinajstić information content (AvgIpc) is 2.71. The predicted octanol–water partition coefficient (Wildman–Crippen LogP) is 3.11. The molecule has 1 aliphatic heterocycles. The Morgan fingerprint density at radius 1 is 1.20 bits per heavy atom. The van der Waals surface area contributed by atoms with Crippen molar-refractivity contribution in [1.29, 1.82) is 0 Å². The summed E-state index contributed by atoms with van der Waals surface area (Å²) in [4.78, 5) is 14.5. The van der Waals surface area contributed by atoms with Crippen molar-refractivity contribution in [3.63, 3.8) is 0 Å². The van der Waals surface area contributed by atoms with E-state index >= 15 is 0 Å². The largest absolute Gasteiger partial charge is 0.346 e. The fourth-order valence-electron chi connectivity index (χ4n) is 3.16. The highest BCUT2D eigenvalue weighted by Crippen LogP contribution is 2.31. The molecule has 1 aromatic carbocycles. The van der Waals surface area contributed by atoms with Gasteiger partial charge in [-0.1, -0.05) is 39.0 Å². The summed E-state index contributed by atoms with van der Waals surface area (Å²) < 4.78 is 2.24. The van der Waals surface area contributed by atoms with Gasteiger partial charge in [-0.15, -0.1) is 0 Å². The Kier molecular flexibility index (Phi) is 2.89. The number of hydrogen-bond acceptors (Lipinski definition) is 1. The number of benzene rings is 1. The zero-order valence-electron chi connectivity index (χ0n) is 12.7. The Labute approximate surface area is 120 Å². The van der Waals surface area contributed by atoms with Gasteiger partial charge in [0.05, 0.1) is 6.54 Å². The zero-order valence-corrected chi connectivity index (χ0v) is 12.7. The number of nitrogens with zero attached hydrogens (tertiary/aromatic N) is 2. The highest BCUT2D eigenvalue weighted by atomic mass is 16.2. The van der Waals surface area contributed by atoms with Crippen LogP contribution in [-0.4, -0.2) is 21.9 Å². The quantitative estimate of drug-likeness (QED) is 0.722. The SMILES string of the molecule is Cn1c2c(c3ccccc31)CCN(C(=O)C(C)(C)C)C2. The van der Waals surface area contributed by atoms with Crippen molar-refractivity contribution in [3.8, 4) is 0 Å². The lowest BCUT2D eigenvalue weighted by molar-refractivity contribution is -0.140. The Bertz CT molecular complexity index is 676. The minimum absolute atomic E-state index is 0.244. The first-order valence-electron chi connectivity index (χ1n) is 7.24. The van der Waals surface area contributed by atoms with E-state index in [9.17, 15) is 4.79 Å². The molecule has 0 atom stereocenters. The Morgan fingerprint density at radius 3 is 2.60 bits per heavy atom. The van der Waals surface area contributed by atoms with Crippen molar-refractivity contribution in [2.45, 2.75) is 33.7 Å². The lowest BCUT2D eigenvalue weighted by Gasteiger charge is -2.33. The lowest BCUT2D eigenvalue weighted by atomic mass is 9.93. The van der Waals surface area contributed by atoms with Crippen LogP contribution in [-0.2, 0) is 24.8 Å². The van der Waals surface area contributed by atoms with Gasteiger partial charge in [-0.3, -0.25) is 4.79 Å². The van der Waals surface area contributed by atoms with Crippen LogP contribution in [0.2, 0.25) is 0 Å². The van der Waals surface area contributed by atoms with Gasteiger partial charge in [0.25, 0.3) is 0 Å². The van der Waals surface area contributed by atoms with Crippen LogP contribution in [0.25, 0.3) is 10.9 Å². The summed E-state index contributed by atoms with van der Waals surface area (Å²) in [6.07, 6.45) is 0.957. The molecule has 3 heteroatoms. The summed E-state index contributed by atoms with van der Waals surface area (Å²) in [5, 5.41) is 1.34. The van der Waals surface area contributed by atoms with E-state index in [-0.39, 0.29) is 11.3 Å². The Balaban J connectivity index is 2.02. The summed E-state index contributed by atoms with van der Waals surface area (Å²) in [6.45, 7) is 7.54. The number of carbonyl (C=O) groups is 1. The van der Waals surface area contributed by atoms with E-state index in [1.54, 1.807) is 0 Å². The van der Waals surface area contributed by atoms with Crippen LogP contribution in [0.4, 0.5) is 0 Å². The molecule has 1 amide bonds. The maximum absolute atomic E-state index is 12.5. The van der Waals surface area contributed by atoms with Crippen molar-refractivity contribution < 1.29 is 4.79 Å². The maximum Gasteiger partial charge on any atom is 0.228 e. The zero-order chi connectivity index (χ0) is 14.5. The molecular weight excluding hydrogens is 248 g/mol. The molecule has 1 aliphatic rings. The number of carbonyl (C=O) groups excluding carboxylic acids is 1. The lowest BCUT2D eigenvalue weighted by Crippen LogP contribution is -2.42. The van der Waals surface area contributed by atoms with Gasteiger partial charge in [0.2, 0.25) is 5.91 Å². The number of hydrogen-bond donors (Lipinski definition) is 0. The van der Waals surface area contributed by atoms with E-state index in [0.717, 1.165) is 19.5 Å². The van der Waals surface area contributed by atoms with Crippen LogP contribution in [0.1, 0.15) is 32.0 Å². The van der Waals surface area contributed by atoms with E-state index in [0.29, 0.717) is 0 Å². The molecule has 0 aliphatic carbocycles. The van der Waals surface area contributed by atoms with E-state index in [2.05, 4.69) is 35.9 Å². The first-order chi connectivity index (χ1) is 9.39. The van der Waals surface area contributed by atoms with Gasteiger partial charge in [0.1, 0.15) is 0 Å². The van der Waals surface area contributed by atoms with Crippen molar-refractivity contribution in [3.05, 3.63) is 35.5 Å². The van der Waals surface area contributed by atoms with Crippen molar-refractivity contribution in [2.75, 3.05) is 6.54 Å². The molecule has 0 saturated heterocycles. The highest BCUT2D eigenvalue weighted by Gasteiger charge is 2.31. The summed E-state index contributed by atoms with van der Waals surface area (Å²) in [6, 6.07) is 8.51. The van der Waals surface area contributed by atoms with Crippen molar-refractivity contribution in [2.24, 2.45) is 12.5 Å². The van der Waals surface area contributed by atoms with Crippen LogP contribution >= 0.6 is 0 Å². The van der Waals surface area contributed by atoms with E-state index in [4.69, 9.17) is 0 Å². The fourth-order valence-corrected chi connectivity index (χ4v) is 3.16. The van der Waals surface area contributed by atoms with Gasteiger partial charge < -0.3 is 9.47 Å². The molecule has 0 bridgehead atoms. The summed E-state index contributed by atoms with van der Waals surface area (Å²) >= 11 is 0. The number of fused-ring (bicyclic) bond motifs is 3. The van der Waals surface area contributed by atoms with Gasteiger partial charge in [0.15, 0.2) is 0 Å². The second-order valence-electron chi connectivity index (χ2n) is 6.73. The number of aromatic nitrogens is 1. The molecule has 0 radical (unpaired) electrons. The first kappa shape index (κ1) is 13.2. The third-order valence-corrected chi connectivity index (χ3v) is 4.24. The van der Waals surface area contributed by atoms with Crippen LogP contribution in [0.3, 0.4) is 0 Å². The third-order valence-electron chi connectivity index (χ3n) is 4.24. The molecule has 2 aromatic rings. The smallest absolute Gasteiger partial charge is 0.228 e. The standard InChI is InChI=1S/C17H22N2O/c1-17(2,3)16(20)19-10-9-13-12-7-5-6-8-14(12)18(4)15(13)11-19/h5-8H,9-11H2,1-4H3. The van der Waals surface area contributed by atoms with E-state index in [1.807, 2.05) is 25.7 Å². The minimum atomic E-state index is -0.303. The summed E-state index contributed by atoms with van der Waals surface area (Å²) in [7, 11) is 2.10. The molecule has 2 heterocycles. The molecule has 1 aromatic heterocycles. The molecule has 3 rings (SSSR count). The summed E-state index contributed by atoms with van der Waals surface area (Å²) in [5.41, 5.74) is 3.67. The topological polar surface area (TPSA) is 25.2 Å². The van der Waals surface area contributed by atoms with Gasteiger partial charge >= 0.3 is 0 Å². The van der Waals surface area contributed by atoms with Crippen LogP contribution in [0.15, 0.2) is 24.3 Å². The number of amides is 1. The molecule has 0 saturated carbocycles. The third kappa shape index (κ3) is 1.92. The molecule has 0 fully saturated rings. The average molecular weight is 270 g/mol. The number of para-hydroxylation sites is 1. The molecule has 0 spiro atoms. The summed E-state index contributed by atoms with van der Waals surface area (Å²) in [5.74, 6) is 0.244. The molecule has 3 nitrogen and oxygen atoms in total. The second-order valence-corrected chi connectivity index (χ2v) is 6.73. The van der Waals surface area contributed by atoms with Gasteiger partial charge in [-0.25, -0.2) is 0 Å². The van der Waals surface area contributed by atoms with Crippen molar-refractivity contribution >= 4 is 16.8 Å². The van der Waals surface area contributed by atoms with Gasteiger partial charge in [-0.2, -0.15) is 0 Å². The first-order valence-corrected chi connectivity index (χ1v) is 7.24. The van der Waals surface area contributed by atoms with E-state index < -0.39 is 0 Å². The highest BCUT2D eigenvalue weighted by molar-refractivity contribution is 5.87. The second kappa shape index (κ2) is 4.37. The maximum atomic E-state index is 12.5. The molecule has 106 valence electrons. The van der Waals surface area contributed by atoms with Crippen LogP contribution in [0, 0.1) is 5.41 Å². The van der Waals surface area contributed by atoms with E-state index in [1.165, 1.54) is 22.2 Å². The monoisotopic (exact) mass is 270 g/mol. The Morgan fingerprint density at radius 2 is 1.90 bits per heavy atom. The molecule has 20 heavy (non-hydrogen) atoms.